The summed E-state index contributed by atoms with van der Waals surface area (Å²) in [5.74, 6) is 0.494. The summed E-state index contributed by atoms with van der Waals surface area (Å²) in [4.78, 5) is 29.7. The highest BCUT2D eigenvalue weighted by Crippen LogP contribution is 2.13. The van der Waals surface area contributed by atoms with Crippen molar-refractivity contribution in [1.29, 1.82) is 0 Å². The molecule has 1 aromatic carbocycles. The number of pyridine rings is 2. The van der Waals surface area contributed by atoms with Crippen molar-refractivity contribution in [2.24, 2.45) is 0 Å². The summed E-state index contributed by atoms with van der Waals surface area (Å²) in [5.41, 5.74) is 1.98. The topological polar surface area (TPSA) is 84.1 Å². The number of rotatable bonds is 6. The molecule has 0 radical (unpaired) electrons. The second kappa shape index (κ2) is 7.92. The maximum atomic E-state index is 12.0. The minimum Gasteiger partial charge on any atom is -0.487 e. The first kappa shape index (κ1) is 16.4. The van der Waals surface area contributed by atoms with Gasteiger partial charge in [0.15, 0.2) is 0 Å². The van der Waals surface area contributed by atoms with Crippen LogP contribution in [0.5, 0.6) is 5.75 Å². The molecule has 126 valence electrons. The van der Waals surface area contributed by atoms with E-state index in [9.17, 15) is 9.59 Å². The van der Waals surface area contributed by atoms with Crippen molar-refractivity contribution < 1.29 is 9.53 Å². The van der Waals surface area contributed by atoms with E-state index in [1.54, 1.807) is 6.20 Å². The van der Waals surface area contributed by atoms with Crippen molar-refractivity contribution in [3.05, 3.63) is 94.2 Å². The van der Waals surface area contributed by atoms with Gasteiger partial charge < -0.3 is 15.0 Å². The summed E-state index contributed by atoms with van der Waals surface area (Å²) in [6.07, 6.45) is 3.12. The van der Waals surface area contributed by atoms with Gasteiger partial charge in [0.25, 0.3) is 5.91 Å². The number of nitrogens with zero attached hydrogens (tertiary/aromatic N) is 1. The molecule has 0 aliphatic carbocycles. The summed E-state index contributed by atoms with van der Waals surface area (Å²) in [5, 5.41) is 2.80. The molecule has 0 unspecified atom stereocenters. The van der Waals surface area contributed by atoms with Gasteiger partial charge in [-0.05, 0) is 35.9 Å². The molecule has 25 heavy (non-hydrogen) atoms. The van der Waals surface area contributed by atoms with Crippen molar-refractivity contribution in [3.8, 4) is 5.75 Å². The van der Waals surface area contributed by atoms with Gasteiger partial charge >= 0.3 is 0 Å². The standard InChI is InChI=1S/C19H17N3O3/c23-18-9-6-15(12-21-18)19(24)22-11-14-4-7-17(8-5-14)25-13-16-3-1-2-10-20-16/h1-10,12H,11,13H2,(H,21,23)(H,22,24). The molecule has 0 saturated heterocycles. The zero-order chi connectivity index (χ0) is 17.5. The molecular weight excluding hydrogens is 318 g/mol. The van der Waals surface area contributed by atoms with E-state index in [0.717, 1.165) is 17.0 Å². The van der Waals surface area contributed by atoms with Crippen molar-refractivity contribution in [1.82, 2.24) is 15.3 Å². The van der Waals surface area contributed by atoms with Crippen molar-refractivity contribution in [2.75, 3.05) is 0 Å². The minimum absolute atomic E-state index is 0.238. The zero-order valence-corrected chi connectivity index (χ0v) is 13.4. The Bertz CT molecular complexity index is 869. The number of carbonyl (C=O) groups excluding carboxylic acids is 1. The fraction of sp³-hybridized carbons (Fsp3) is 0.105. The Morgan fingerprint density at radius 2 is 1.92 bits per heavy atom. The first-order valence-corrected chi connectivity index (χ1v) is 7.79. The molecule has 2 N–H and O–H groups in total. The molecule has 0 bridgehead atoms. The lowest BCUT2D eigenvalue weighted by atomic mass is 10.2. The summed E-state index contributed by atoms with van der Waals surface area (Å²) in [7, 11) is 0. The van der Waals surface area contributed by atoms with Crippen molar-refractivity contribution >= 4 is 5.91 Å². The normalized spacial score (nSPS) is 10.2. The molecule has 0 aliphatic rings. The molecule has 0 atom stereocenters. The fourth-order valence-electron chi connectivity index (χ4n) is 2.18. The van der Waals surface area contributed by atoms with Crippen LogP contribution in [0.1, 0.15) is 21.6 Å². The van der Waals surface area contributed by atoms with Gasteiger partial charge in [-0.1, -0.05) is 18.2 Å². The van der Waals surface area contributed by atoms with E-state index in [4.69, 9.17) is 4.74 Å². The minimum atomic E-state index is -0.244. The molecule has 0 aliphatic heterocycles. The van der Waals surface area contributed by atoms with Crippen LogP contribution in [0.4, 0.5) is 0 Å². The first-order chi connectivity index (χ1) is 12.2. The van der Waals surface area contributed by atoms with Crippen LogP contribution >= 0.6 is 0 Å². The number of aromatic amines is 1. The van der Waals surface area contributed by atoms with Gasteiger partial charge in [0.05, 0.1) is 11.3 Å². The van der Waals surface area contributed by atoms with E-state index in [0.29, 0.717) is 18.7 Å². The molecule has 0 saturated carbocycles. The largest absolute Gasteiger partial charge is 0.487 e. The third-order valence-electron chi connectivity index (χ3n) is 3.54. The Morgan fingerprint density at radius 3 is 2.60 bits per heavy atom. The smallest absolute Gasteiger partial charge is 0.253 e. The van der Waals surface area contributed by atoms with E-state index < -0.39 is 0 Å². The second-order valence-electron chi connectivity index (χ2n) is 5.38. The Kier molecular flexibility index (Phi) is 5.21. The fourth-order valence-corrected chi connectivity index (χ4v) is 2.18. The number of nitrogens with one attached hydrogen (secondary N) is 2. The first-order valence-electron chi connectivity index (χ1n) is 7.79. The zero-order valence-electron chi connectivity index (χ0n) is 13.4. The van der Waals surface area contributed by atoms with Gasteiger partial charge in [-0.15, -0.1) is 0 Å². The number of H-pyrrole nitrogens is 1. The Labute approximate surface area is 144 Å². The summed E-state index contributed by atoms with van der Waals surface area (Å²) in [6, 6.07) is 16.0. The molecule has 0 fully saturated rings. The summed E-state index contributed by atoms with van der Waals surface area (Å²) < 4.78 is 5.67. The van der Waals surface area contributed by atoms with Crippen LogP contribution in [-0.2, 0) is 13.2 Å². The molecule has 2 aromatic heterocycles. The van der Waals surface area contributed by atoms with Gasteiger partial charge in [-0.2, -0.15) is 0 Å². The van der Waals surface area contributed by atoms with E-state index in [1.807, 2.05) is 42.5 Å². The molecular formula is C19H17N3O3. The highest BCUT2D eigenvalue weighted by atomic mass is 16.5. The van der Waals surface area contributed by atoms with Crippen LogP contribution in [0, 0.1) is 0 Å². The van der Waals surface area contributed by atoms with Crippen LogP contribution < -0.4 is 15.6 Å². The van der Waals surface area contributed by atoms with E-state index in [-0.39, 0.29) is 11.5 Å². The third-order valence-corrected chi connectivity index (χ3v) is 3.54. The molecule has 1 amide bonds. The quantitative estimate of drug-likeness (QED) is 0.724. The maximum Gasteiger partial charge on any atom is 0.253 e. The summed E-state index contributed by atoms with van der Waals surface area (Å²) in [6.45, 7) is 0.793. The van der Waals surface area contributed by atoms with Crippen LogP contribution in [-0.4, -0.2) is 15.9 Å². The predicted octanol–water partition coefficient (Wildman–Crippen LogP) is 2.28. The van der Waals surface area contributed by atoms with Gasteiger partial charge in [-0.25, -0.2) is 0 Å². The predicted molar refractivity (Wildman–Crippen MR) is 93.2 cm³/mol. The highest BCUT2D eigenvalue weighted by molar-refractivity contribution is 5.93. The average molecular weight is 335 g/mol. The number of ether oxygens (including phenoxy) is 1. The van der Waals surface area contributed by atoms with Gasteiger partial charge in [0, 0.05) is 25.0 Å². The number of aromatic nitrogens is 2. The Hall–Kier alpha value is -3.41. The van der Waals surface area contributed by atoms with Gasteiger partial charge in [0.2, 0.25) is 5.56 Å². The number of carbonyl (C=O) groups is 1. The van der Waals surface area contributed by atoms with Crippen LogP contribution in [0.15, 0.2) is 71.8 Å². The molecule has 2 heterocycles. The lowest BCUT2D eigenvalue weighted by Gasteiger charge is -2.08. The molecule has 0 spiro atoms. The number of hydrogen-bond donors (Lipinski definition) is 2. The van der Waals surface area contributed by atoms with E-state index >= 15 is 0 Å². The molecule has 3 aromatic rings. The van der Waals surface area contributed by atoms with Crippen LogP contribution in [0.2, 0.25) is 0 Å². The van der Waals surface area contributed by atoms with E-state index in [1.165, 1.54) is 18.3 Å². The Balaban J connectivity index is 1.51. The van der Waals surface area contributed by atoms with Crippen LogP contribution in [0.25, 0.3) is 0 Å². The average Bonchev–Trinajstić information content (AvgIpc) is 2.67. The monoisotopic (exact) mass is 335 g/mol. The molecule has 6 heteroatoms. The highest BCUT2D eigenvalue weighted by Gasteiger charge is 2.05. The van der Waals surface area contributed by atoms with Gasteiger partial charge in [-0.3, -0.25) is 14.6 Å². The number of benzene rings is 1. The lowest BCUT2D eigenvalue weighted by Crippen LogP contribution is -2.23. The third kappa shape index (κ3) is 4.78. The summed E-state index contributed by atoms with van der Waals surface area (Å²) >= 11 is 0. The second-order valence-corrected chi connectivity index (χ2v) is 5.38. The lowest BCUT2D eigenvalue weighted by molar-refractivity contribution is 0.0950. The van der Waals surface area contributed by atoms with Crippen molar-refractivity contribution in [3.63, 3.8) is 0 Å². The molecule has 6 nitrogen and oxygen atoms in total. The van der Waals surface area contributed by atoms with Crippen molar-refractivity contribution in [2.45, 2.75) is 13.2 Å². The SMILES string of the molecule is O=C(NCc1ccc(OCc2ccccn2)cc1)c1ccc(=O)[nH]c1. The van der Waals surface area contributed by atoms with Gasteiger partial charge in [0.1, 0.15) is 12.4 Å². The molecule has 3 rings (SSSR count). The maximum absolute atomic E-state index is 12.0. The number of amides is 1. The number of hydrogen-bond acceptors (Lipinski definition) is 4. The van der Waals surface area contributed by atoms with Crippen LogP contribution in [0.3, 0.4) is 0 Å². The Morgan fingerprint density at radius 1 is 1.08 bits per heavy atom. The van der Waals surface area contributed by atoms with E-state index in [2.05, 4.69) is 15.3 Å².